The van der Waals surface area contributed by atoms with Crippen LogP contribution in [0, 0.1) is 0 Å². The van der Waals surface area contributed by atoms with Gasteiger partial charge in [0.15, 0.2) is 0 Å². The molecule has 0 aliphatic rings. The predicted octanol–water partition coefficient (Wildman–Crippen LogP) is 5.66. The molecule has 0 unspecified atom stereocenters. The molecule has 0 aliphatic heterocycles. The minimum absolute atomic E-state index is 0. The molecule has 0 saturated heterocycles. The minimum Gasteiger partial charge on any atom is -0.257 e. The maximum atomic E-state index is 4.27. The van der Waals surface area contributed by atoms with E-state index in [1.54, 1.807) is 22.7 Å². The first-order valence-corrected chi connectivity index (χ1v) is 7.34. The summed E-state index contributed by atoms with van der Waals surface area (Å²) in [6, 6.07) is 14.5. The molecule has 0 radical (unpaired) electrons. The molecule has 3 aromatic rings. The Morgan fingerprint density at radius 1 is 0.895 bits per heavy atom. The quantitative estimate of drug-likeness (QED) is 0.520. The van der Waals surface area contributed by atoms with E-state index in [4.69, 9.17) is 0 Å². The number of rotatable bonds is 3. The topological polar surface area (TPSA) is 12.9 Å². The Kier molecular flexibility index (Phi) is 5.30. The summed E-state index contributed by atoms with van der Waals surface area (Å²) in [7, 11) is 0. The van der Waals surface area contributed by atoms with Crippen LogP contribution >= 0.6 is 46.7 Å². The Bertz CT molecular complexity index is 642. The van der Waals surface area contributed by atoms with E-state index >= 15 is 0 Å². The van der Waals surface area contributed by atoms with E-state index < -0.39 is 0 Å². The SMILES string of the molecule is C(=C\c1ccc(-c2cccs2)s1)/c1ccccn1.I. The van der Waals surface area contributed by atoms with Crippen molar-refractivity contribution in [1.82, 2.24) is 4.98 Å². The Balaban J connectivity index is 0.00000133. The van der Waals surface area contributed by atoms with Crippen LogP contribution in [-0.4, -0.2) is 4.98 Å². The Labute approximate surface area is 137 Å². The zero-order chi connectivity index (χ0) is 12.2. The smallest absolute Gasteiger partial charge is 0.0630 e. The highest BCUT2D eigenvalue weighted by atomic mass is 127. The summed E-state index contributed by atoms with van der Waals surface area (Å²) in [5.41, 5.74) is 0.989. The van der Waals surface area contributed by atoms with Gasteiger partial charge in [-0.3, -0.25) is 4.98 Å². The third-order valence-electron chi connectivity index (χ3n) is 2.50. The molecule has 3 aromatic heterocycles. The van der Waals surface area contributed by atoms with Gasteiger partial charge < -0.3 is 0 Å². The van der Waals surface area contributed by atoms with Gasteiger partial charge in [0.25, 0.3) is 0 Å². The summed E-state index contributed by atoms with van der Waals surface area (Å²) >= 11 is 3.58. The average Bonchev–Trinajstić information content (AvgIpc) is 3.08. The number of aromatic nitrogens is 1. The van der Waals surface area contributed by atoms with E-state index in [0.29, 0.717) is 0 Å². The molecule has 3 rings (SSSR count). The van der Waals surface area contributed by atoms with Crippen molar-refractivity contribution in [2.24, 2.45) is 0 Å². The van der Waals surface area contributed by atoms with Crippen molar-refractivity contribution >= 4 is 58.8 Å². The van der Waals surface area contributed by atoms with Crippen LogP contribution in [0.2, 0.25) is 0 Å². The largest absolute Gasteiger partial charge is 0.257 e. The second-order valence-electron chi connectivity index (χ2n) is 3.77. The zero-order valence-electron chi connectivity index (χ0n) is 10.0. The Hall–Kier alpha value is -0.980. The van der Waals surface area contributed by atoms with Gasteiger partial charge in [-0.25, -0.2) is 0 Å². The molecule has 96 valence electrons. The van der Waals surface area contributed by atoms with E-state index in [1.807, 2.05) is 30.5 Å². The average molecular weight is 397 g/mol. The molecule has 4 heteroatoms. The number of pyridine rings is 1. The fourth-order valence-corrected chi connectivity index (χ4v) is 3.38. The van der Waals surface area contributed by atoms with Crippen molar-refractivity contribution in [3.8, 4) is 9.75 Å². The van der Waals surface area contributed by atoms with Crippen molar-refractivity contribution in [3.63, 3.8) is 0 Å². The molecule has 0 aliphatic carbocycles. The Morgan fingerprint density at radius 2 is 1.84 bits per heavy atom. The maximum Gasteiger partial charge on any atom is 0.0630 e. The maximum absolute atomic E-state index is 4.27. The molecule has 19 heavy (non-hydrogen) atoms. The molecule has 3 heterocycles. The highest BCUT2D eigenvalue weighted by Gasteiger charge is 2.01. The lowest BCUT2D eigenvalue weighted by Crippen LogP contribution is -1.75. The molecular weight excluding hydrogens is 385 g/mol. The van der Waals surface area contributed by atoms with Gasteiger partial charge in [-0.15, -0.1) is 46.7 Å². The van der Waals surface area contributed by atoms with E-state index in [9.17, 15) is 0 Å². The van der Waals surface area contributed by atoms with Crippen LogP contribution in [0.5, 0.6) is 0 Å². The first-order chi connectivity index (χ1) is 8.92. The first kappa shape index (κ1) is 14.4. The second-order valence-corrected chi connectivity index (χ2v) is 5.83. The van der Waals surface area contributed by atoms with Crippen LogP contribution in [0.15, 0.2) is 54.0 Å². The lowest BCUT2D eigenvalue weighted by Gasteiger charge is -1.90. The predicted molar refractivity (Wildman–Crippen MR) is 96.2 cm³/mol. The van der Waals surface area contributed by atoms with Crippen molar-refractivity contribution in [3.05, 3.63) is 64.6 Å². The second kappa shape index (κ2) is 6.98. The van der Waals surface area contributed by atoms with Crippen molar-refractivity contribution in [2.75, 3.05) is 0 Å². The molecule has 0 aromatic carbocycles. The molecule has 0 bridgehead atoms. The molecule has 0 saturated carbocycles. The van der Waals surface area contributed by atoms with Crippen LogP contribution in [0.3, 0.4) is 0 Å². The highest BCUT2D eigenvalue weighted by Crippen LogP contribution is 2.32. The van der Waals surface area contributed by atoms with Gasteiger partial charge in [0.2, 0.25) is 0 Å². The van der Waals surface area contributed by atoms with Crippen LogP contribution in [0.4, 0.5) is 0 Å². The summed E-state index contributed by atoms with van der Waals surface area (Å²) < 4.78 is 0. The summed E-state index contributed by atoms with van der Waals surface area (Å²) in [5, 5.41) is 2.11. The summed E-state index contributed by atoms with van der Waals surface area (Å²) in [4.78, 5) is 8.18. The number of halogens is 1. The first-order valence-electron chi connectivity index (χ1n) is 5.65. The lowest BCUT2D eigenvalue weighted by molar-refractivity contribution is 1.30. The molecule has 0 fully saturated rings. The van der Waals surface area contributed by atoms with Gasteiger partial charge >= 0.3 is 0 Å². The van der Waals surface area contributed by atoms with E-state index in [-0.39, 0.29) is 24.0 Å². The highest BCUT2D eigenvalue weighted by molar-refractivity contribution is 14.0. The standard InChI is InChI=1S/C15H11NS2.HI/c1-2-10-16-12(4-1)6-7-13-8-9-15(18-13)14-5-3-11-17-14;/h1-11H;1H/b7-6+;. The number of nitrogens with zero attached hydrogens (tertiary/aromatic N) is 1. The van der Waals surface area contributed by atoms with Gasteiger partial charge in [-0.05, 0) is 47.9 Å². The van der Waals surface area contributed by atoms with Crippen molar-refractivity contribution < 1.29 is 0 Å². The van der Waals surface area contributed by atoms with Crippen molar-refractivity contribution in [1.29, 1.82) is 0 Å². The van der Waals surface area contributed by atoms with Crippen LogP contribution in [0.25, 0.3) is 21.9 Å². The monoisotopic (exact) mass is 397 g/mol. The van der Waals surface area contributed by atoms with E-state index in [2.05, 4.69) is 40.7 Å². The van der Waals surface area contributed by atoms with Crippen LogP contribution < -0.4 is 0 Å². The van der Waals surface area contributed by atoms with Gasteiger partial charge in [0.05, 0.1) is 5.69 Å². The van der Waals surface area contributed by atoms with Crippen molar-refractivity contribution in [2.45, 2.75) is 0 Å². The molecule has 0 amide bonds. The minimum atomic E-state index is 0. The zero-order valence-corrected chi connectivity index (χ0v) is 14.0. The number of thiophene rings is 2. The fourth-order valence-electron chi connectivity index (χ4n) is 1.64. The van der Waals surface area contributed by atoms with Gasteiger partial charge in [0, 0.05) is 20.8 Å². The normalized spacial score (nSPS) is 10.5. The fraction of sp³-hybridized carbons (Fsp3) is 0. The summed E-state index contributed by atoms with van der Waals surface area (Å²) in [5.74, 6) is 0. The third-order valence-corrected chi connectivity index (χ3v) is 4.61. The molecule has 0 spiro atoms. The molecule has 1 nitrogen and oxygen atoms in total. The van der Waals surface area contributed by atoms with Gasteiger partial charge in [-0.2, -0.15) is 0 Å². The van der Waals surface area contributed by atoms with Gasteiger partial charge in [-0.1, -0.05) is 12.1 Å². The third kappa shape index (κ3) is 3.75. The molecule has 0 N–H and O–H groups in total. The Morgan fingerprint density at radius 3 is 2.58 bits per heavy atom. The van der Waals surface area contributed by atoms with E-state index in [0.717, 1.165) is 5.69 Å². The summed E-state index contributed by atoms with van der Waals surface area (Å²) in [6.45, 7) is 0. The molecule has 0 atom stereocenters. The lowest BCUT2D eigenvalue weighted by atomic mass is 10.3. The molecular formula is C15H12INS2. The van der Waals surface area contributed by atoms with Crippen LogP contribution in [-0.2, 0) is 0 Å². The summed E-state index contributed by atoms with van der Waals surface area (Å²) in [6.07, 6.45) is 5.97. The van der Waals surface area contributed by atoms with E-state index in [1.165, 1.54) is 14.6 Å². The van der Waals surface area contributed by atoms with Gasteiger partial charge in [0.1, 0.15) is 0 Å². The number of hydrogen-bond donors (Lipinski definition) is 0. The van der Waals surface area contributed by atoms with Crippen LogP contribution in [0.1, 0.15) is 10.6 Å². The number of hydrogen-bond acceptors (Lipinski definition) is 3.